The van der Waals surface area contributed by atoms with Crippen LogP contribution in [0.25, 0.3) is 10.3 Å². The van der Waals surface area contributed by atoms with Crippen molar-refractivity contribution >= 4 is 44.3 Å². The standard InChI is InChI=1S/C18H17ClN4O2S/c19-13-3-5-14(6-4-13)25-12-16(24)22-8-10-23(11-9-22)18-21-15-2-1-7-20-17(15)26-18/h1-7H,8-12H2. The number of rotatable bonds is 4. The second kappa shape index (κ2) is 7.47. The van der Waals surface area contributed by atoms with E-state index in [9.17, 15) is 4.79 Å². The molecule has 1 aliphatic heterocycles. The fourth-order valence-corrected chi connectivity index (χ4v) is 3.89. The third kappa shape index (κ3) is 3.73. The zero-order chi connectivity index (χ0) is 17.9. The molecule has 134 valence electrons. The number of hydrogen-bond donors (Lipinski definition) is 0. The summed E-state index contributed by atoms with van der Waals surface area (Å²) >= 11 is 7.43. The van der Waals surface area contributed by atoms with Gasteiger partial charge in [-0.1, -0.05) is 22.9 Å². The maximum atomic E-state index is 12.4. The van der Waals surface area contributed by atoms with Crippen LogP contribution in [-0.4, -0.2) is 53.6 Å². The summed E-state index contributed by atoms with van der Waals surface area (Å²) in [6, 6.07) is 10.9. The minimum atomic E-state index is -0.00873. The summed E-state index contributed by atoms with van der Waals surface area (Å²) in [5, 5.41) is 1.60. The van der Waals surface area contributed by atoms with E-state index in [1.165, 1.54) is 0 Å². The summed E-state index contributed by atoms with van der Waals surface area (Å²) < 4.78 is 5.55. The number of carbonyl (C=O) groups excluding carboxylic acids is 1. The molecule has 0 spiro atoms. The first-order chi connectivity index (χ1) is 12.7. The molecule has 0 aliphatic carbocycles. The number of aromatic nitrogens is 2. The van der Waals surface area contributed by atoms with Gasteiger partial charge >= 0.3 is 0 Å². The topological polar surface area (TPSA) is 58.6 Å². The van der Waals surface area contributed by atoms with E-state index in [0.29, 0.717) is 23.9 Å². The van der Waals surface area contributed by atoms with Gasteiger partial charge in [0.15, 0.2) is 11.7 Å². The van der Waals surface area contributed by atoms with Crippen molar-refractivity contribution in [2.45, 2.75) is 0 Å². The molecule has 6 nitrogen and oxygen atoms in total. The van der Waals surface area contributed by atoms with Crippen LogP contribution < -0.4 is 9.64 Å². The van der Waals surface area contributed by atoms with Gasteiger partial charge in [-0.15, -0.1) is 0 Å². The fraction of sp³-hybridized carbons (Fsp3) is 0.278. The number of fused-ring (bicyclic) bond motifs is 1. The Kier molecular flexibility index (Phi) is 4.90. The molecule has 8 heteroatoms. The molecule has 0 unspecified atom stereocenters. The Morgan fingerprint density at radius 2 is 1.92 bits per heavy atom. The minimum absolute atomic E-state index is 0.00873. The number of anilines is 1. The van der Waals surface area contributed by atoms with E-state index in [-0.39, 0.29) is 12.5 Å². The van der Waals surface area contributed by atoms with Crippen LogP contribution >= 0.6 is 22.9 Å². The number of halogens is 1. The second-order valence-electron chi connectivity index (χ2n) is 5.93. The van der Waals surface area contributed by atoms with Crippen LogP contribution in [0, 0.1) is 0 Å². The summed E-state index contributed by atoms with van der Waals surface area (Å²) in [6.07, 6.45) is 1.78. The molecule has 2 aromatic heterocycles. The summed E-state index contributed by atoms with van der Waals surface area (Å²) in [5.41, 5.74) is 0.919. The van der Waals surface area contributed by atoms with Crippen molar-refractivity contribution in [1.29, 1.82) is 0 Å². The van der Waals surface area contributed by atoms with Crippen LogP contribution in [0.3, 0.4) is 0 Å². The quantitative estimate of drug-likeness (QED) is 0.687. The smallest absolute Gasteiger partial charge is 0.260 e. The average Bonchev–Trinajstić information content (AvgIpc) is 3.12. The van der Waals surface area contributed by atoms with Crippen LogP contribution in [0.4, 0.5) is 5.13 Å². The summed E-state index contributed by atoms with van der Waals surface area (Å²) in [5.74, 6) is 0.633. The number of amides is 1. The van der Waals surface area contributed by atoms with Crippen LogP contribution in [0.1, 0.15) is 0 Å². The zero-order valence-electron chi connectivity index (χ0n) is 14.0. The van der Waals surface area contributed by atoms with Crippen molar-refractivity contribution in [3.05, 3.63) is 47.6 Å². The van der Waals surface area contributed by atoms with Crippen molar-refractivity contribution in [2.24, 2.45) is 0 Å². The Morgan fingerprint density at radius 3 is 2.65 bits per heavy atom. The predicted octanol–water partition coefficient (Wildman–Crippen LogP) is 3.07. The lowest BCUT2D eigenvalue weighted by Crippen LogP contribution is -2.50. The lowest BCUT2D eigenvalue weighted by Gasteiger charge is -2.34. The van der Waals surface area contributed by atoms with Crippen molar-refractivity contribution in [1.82, 2.24) is 14.9 Å². The molecular weight excluding hydrogens is 372 g/mol. The van der Waals surface area contributed by atoms with Gasteiger partial charge in [0.25, 0.3) is 5.91 Å². The molecule has 3 heterocycles. The maximum absolute atomic E-state index is 12.4. The van der Waals surface area contributed by atoms with Gasteiger partial charge in [-0.05, 0) is 36.4 Å². The second-order valence-corrected chi connectivity index (χ2v) is 7.33. The third-order valence-electron chi connectivity index (χ3n) is 4.23. The first-order valence-corrected chi connectivity index (χ1v) is 9.51. The number of hydrogen-bond acceptors (Lipinski definition) is 6. The Labute approximate surface area is 160 Å². The van der Waals surface area contributed by atoms with E-state index in [2.05, 4.69) is 14.9 Å². The molecule has 1 aliphatic rings. The highest BCUT2D eigenvalue weighted by molar-refractivity contribution is 7.21. The van der Waals surface area contributed by atoms with E-state index in [1.54, 1.807) is 41.8 Å². The molecular formula is C18H17ClN4O2S. The Bertz CT molecular complexity index is 874. The van der Waals surface area contributed by atoms with E-state index in [0.717, 1.165) is 28.6 Å². The minimum Gasteiger partial charge on any atom is -0.484 e. The molecule has 4 rings (SSSR count). The van der Waals surface area contributed by atoms with E-state index >= 15 is 0 Å². The van der Waals surface area contributed by atoms with Gasteiger partial charge in [0.05, 0.1) is 0 Å². The normalized spacial score (nSPS) is 14.7. The summed E-state index contributed by atoms with van der Waals surface area (Å²) in [7, 11) is 0. The molecule has 1 saturated heterocycles. The molecule has 1 aromatic carbocycles. The molecule has 1 fully saturated rings. The highest BCUT2D eigenvalue weighted by Crippen LogP contribution is 2.27. The van der Waals surface area contributed by atoms with Gasteiger partial charge in [-0.25, -0.2) is 9.97 Å². The SMILES string of the molecule is O=C(COc1ccc(Cl)cc1)N1CCN(c2nc3cccnc3s2)CC1. The first-order valence-electron chi connectivity index (χ1n) is 8.32. The van der Waals surface area contributed by atoms with Gasteiger partial charge < -0.3 is 14.5 Å². The number of benzene rings is 1. The third-order valence-corrected chi connectivity index (χ3v) is 5.53. The van der Waals surface area contributed by atoms with Crippen molar-refractivity contribution in [2.75, 3.05) is 37.7 Å². The summed E-state index contributed by atoms with van der Waals surface area (Å²) in [4.78, 5) is 26.3. The van der Waals surface area contributed by atoms with Crippen LogP contribution in [0.2, 0.25) is 5.02 Å². The largest absolute Gasteiger partial charge is 0.484 e. The number of thiazole rings is 1. The van der Waals surface area contributed by atoms with Gasteiger partial charge in [-0.3, -0.25) is 4.79 Å². The van der Waals surface area contributed by atoms with E-state index < -0.39 is 0 Å². The van der Waals surface area contributed by atoms with Crippen molar-refractivity contribution in [3.8, 4) is 5.75 Å². The van der Waals surface area contributed by atoms with Crippen molar-refractivity contribution in [3.63, 3.8) is 0 Å². The number of carbonyl (C=O) groups is 1. The summed E-state index contributed by atoms with van der Waals surface area (Å²) in [6.45, 7) is 2.87. The lowest BCUT2D eigenvalue weighted by atomic mass is 10.3. The Balaban J connectivity index is 1.31. The molecule has 1 amide bonds. The highest BCUT2D eigenvalue weighted by atomic mass is 35.5. The fourth-order valence-electron chi connectivity index (χ4n) is 2.81. The van der Waals surface area contributed by atoms with Gasteiger partial charge in [-0.2, -0.15) is 0 Å². The maximum Gasteiger partial charge on any atom is 0.260 e. The van der Waals surface area contributed by atoms with Gasteiger partial charge in [0.2, 0.25) is 0 Å². The lowest BCUT2D eigenvalue weighted by molar-refractivity contribution is -0.133. The van der Waals surface area contributed by atoms with Crippen molar-refractivity contribution < 1.29 is 9.53 Å². The van der Waals surface area contributed by atoms with Gasteiger partial charge in [0, 0.05) is 37.4 Å². The van der Waals surface area contributed by atoms with E-state index in [4.69, 9.17) is 16.3 Å². The van der Waals surface area contributed by atoms with E-state index in [1.807, 2.05) is 17.0 Å². The molecule has 0 saturated carbocycles. The van der Waals surface area contributed by atoms with Crippen LogP contribution in [-0.2, 0) is 4.79 Å². The number of nitrogens with zero attached hydrogens (tertiary/aromatic N) is 4. The Morgan fingerprint density at radius 1 is 1.15 bits per heavy atom. The number of ether oxygens (including phenoxy) is 1. The number of piperazine rings is 1. The number of pyridine rings is 1. The molecule has 0 bridgehead atoms. The molecule has 3 aromatic rings. The molecule has 26 heavy (non-hydrogen) atoms. The van der Waals surface area contributed by atoms with Crippen LogP contribution in [0.5, 0.6) is 5.75 Å². The monoisotopic (exact) mass is 388 g/mol. The van der Waals surface area contributed by atoms with Gasteiger partial charge in [0.1, 0.15) is 16.1 Å². The predicted molar refractivity (Wildman–Crippen MR) is 103 cm³/mol. The zero-order valence-corrected chi connectivity index (χ0v) is 15.5. The Hall–Kier alpha value is -2.38. The highest BCUT2D eigenvalue weighted by Gasteiger charge is 2.23. The molecule has 0 N–H and O–H groups in total. The molecule has 0 radical (unpaired) electrons. The first kappa shape index (κ1) is 17.1. The average molecular weight is 389 g/mol. The molecule has 0 atom stereocenters. The van der Waals surface area contributed by atoms with Crippen LogP contribution in [0.15, 0.2) is 42.6 Å².